The van der Waals surface area contributed by atoms with Gasteiger partial charge in [-0.15, -0.1) is 0 Å². The first-order valence-electron chi connectivity index (χ1n) is 7.36. The van der Waals surface area contributed by atoms with E-state index in [9.17, 15) is 9.59 Å². The molecule has 24 heavy (non-hydrogen) atoms. The summed E-state index contributed by atoms with van der Waals surface area (Å²) in [6, 6.07) is 12.1. The monoisotopic (exact) mass is 346 g/mol. The van der Waals surface area contributed by atoms with Crippen LogP contribution in [0.5, 0.6) is 11.5 Å². The van der Waals surface area contributed by atoms with Crippen LogP contribution >= 0.6 is 11.6 Å². The van der Waals surface area contributed by atoms with Gasteiger partial charge < -0.3 is 9.47 Å². The molecule has 0 saturated carbocycles. The van der Waals surface area contributed by atoms with Crippen LogP contribution in [0, 0.1) is 0 Å². The molecule has 2 amide bonds. The van der Waals surface area contributed by atoms with Crippen molar-refractivity contribution in [2.75, 3.05) is 6.79 Å². The van der Waals surface area contributed by atoms with E-state index < -0.39 is 5.91 Å². The molecule has 0 aromatic heterocycles. The summed E-state index contributed by atoms with van der Waals surface area (Å²) >= 11 is 6.04. The van der Waals surface area contributed by atoms with Crippen LogP contribution in [0.25, 0.3) is 0 Å². The second-order valence-electron chi connectivity index (χ2n) is 5.16. The van der Waals surface area contributed by atoms with Crippen molar-refractivity contribution in [2.45, 2.75) is 12.8 Å². The van der Waals surface area contributed by atoms with Crippen molar-refractivity contribution in [3.63, 3.8) is 0 Å². The number of carbonyl (C=O) groups is 2. The lowest BCUT2D eigenvalue weighted by Crippen LogP contribution is -2.41. The Hall–Kier alpha value is -2.73. The van der Waals surface area contributed by atoms with E-state index in [2.05, 4.69) is 10.9 Å². The van der Waals surface area contributed by atoms with Gasteiger partial charge in [0.25, 0.3) is 5.91 Å². The SMILES string of the molecule is O=C(CCc1ccccc1Cl)NNC(=O)c1ccc2c(c1)OCO2. The van der Waals surface area contributed by atoms with Gasteiger partial charge >= 0.3 is 0 Å². The van der Waals surface area contributed by atoms with Gasteiger partial charge in [-0.05, 0) is 36.2 Å². The molecule has 0 unspecified atom stereocenters. The molecule has 1 aliphatic heterocycles. The Labute approximate surface area is 143 Å². The average molecular weight is 347 g/mol. The molecular formula is C17H15ClN2O4. The predicted octanol–water partition coefficient (Wildman–Crippen LogP) is 2.46. The minimum atomic E-state index is -0.431. The number of nitrogens with one attached hydrogen (secondary N) is 2. The molecule has 0 bridgehead atoms. The minimum absolute atomic E-state index is 0.138. The number of amides is 2. The molecular weight excluding hydrogens is 332 g/mol. The summed E-state index contributed by atoms with van der Waals surface area (Å²) in [5.74, 6) is 0.367. The van der Waals surface area contributed by atoms with Crippen LogP contribution in [0.1, 0.15) is 22.3 Å². The highest BCUT2D eigenvalue weighted by atomic mass is 35.5. The third-order valence-corrected chi connectivity index (χ3v) is 3.90. The lowest BCUT2D eigenvalue weighted by atomic mass is 10.1. The van der Waals surface area contributed by atoms with Crippen molar-refractivity contribution in [3.05, 3.63) is 58.6 Å². The number of fused-ring (bicyclic) bond motifs is 1. The molecule has 2 N–H and O–H groups in total. The van der Waals surface area contributed by atoms with Crippen molar-refractivity contribution in [3.8, 4) is 11.5 Å². The molecule has 124 valence electrons. The summed E-state index contributed by atoms with van der Waals surface area (Å²) < 4.78 is 10.4. The predicted molar refractivity (Wildman–Crippen MR) is 87.9 cm³/mol. The number of ether oxygens (including phenoxy) is 2. The van der Waals surface area contributed by atoms with Crippen molar-refractivity contribution in [2.24, 2.45) is 0 Å². The number of hydrazine groups is 1. The lowest BCUT2D eigenvalue weighted by molar-refractivity contribution is -0.121. The summed E-state index contributed by atoms with van der Waals surface area (Å²) in [6.45, 7) is 0.138. The van der Waals surface area contributed by atoms with Crippen LogP contribution in [-0.2, 0) is 11.2 Å². The molecule has 0 atom stereocenters. The molecule has 0 spiro atoms. The smallest absolute Gasteiger partial charge is 0.269 e. The summed E-state index contributed by atoms with van der Waals surface area (Å²) in [7, 11) is 0. The maximum Gasteiger partial charge on any atom is 0.269 e. The van der Waals surface area contributed by atoms with Crippen LogP contribution in [0.15, 0.2) is 42.5 Å². The van der Waals surface area contributed by atoms with Gasteiger partial charge in [0.1, 0.15) is 0 Å². The number of carbonyl (C=O) groups excluding carboxylic acids is 2. The Kier molecular flexibility index (Phi) is 4.86. The fourth-order valence-corrected chi connectivity index (χ4v) is 2.48. The first-order valence-corrected chi connectivity index (χ1v) is 7.73. The first kappa shape index (κ1) is 16.1. The summed E-state index contributed by atoms with van der Waals surface area (Å²) in [5, 5.41) is 0.620. The number of aryl methyl sites for hydroxylation is 1. The van der Waals surface area contributed by atoms with E-state index in [1.807, 2.05) is 18.2 Å². The first-order chi connectivity index (χ1) is 11.6. The molecule has 0 saturated heterocycles. The Balaban J connectivity index is 1.49. The zero-order valence-electron chi connectivity index (χ0n) is 12.7. The van der Waals surface area contributed by atoms with Crippen molar-refractivity contribution in [1.82, 2.24) is 10.9 Å². The van der Waals surface area contributed by atoms with Gasteiger partial charge in [-0.25, -0.2) is 0 Å². The number of benzene rings is 2. The van der Waals surface area contributed by atoms with Gasteiger partial charge in [0, 0.05) is 17.0 Å². The van der Waals surface area contributed by atoms with Gasteiger partial charge in [-0.1, -0.05) is 29.8 Å². The van der Waals surface area contributed by atoms with E-state index in [-0.39, 0.29) is 19.1 Å². The maximum absolute atomic E-state index is 12.0. The highest BCUT2D eigenvalue weighted by molar-refractivity contribution is 6.31. The topological polar surface area (TPSA) is 76.7 Å². The van der Waals surface area contributed by atoms with E-state index in [0.29, 0.717) is 28.5 Å². The van der Waals surface area contributed by atoms with Gasteiger partial charge in [0.05, 0.1) is 0 Å². The Morgan fingerprint density at radius 3 is 2.67 bits per heavy atom. The molecule has 3 rings (SSSR count). The van der Waals surface area contributed by atoms with Crippen LogP contribution < -0.4 is 20.3 Å². The van der Waals surface area contributed by atoms with Gasteiger partial charge in [-0.2, -0.15) is 0 Å². The van der Waals surface area contributed by atoms with Crippen molar-refractivity contribution >= 4 is 23.4 Å². The van der Waals surface area contributed by atoms with Crippen LogP contribution in [0.3, 0.4) is 0 Å². The number of hydrogen-bond acceptors (Lipinski definition) is 4. The second-order valence-corrected chi connectivity index (χ2v) is 5.57. The van der Waals surface area contributed by atoms with Gasteiger partial charge in [0.15, 0.2) is 11.5 Å². The maximum atomic E-state index is 12.0. The lowest BCUT2D eigenvalue weighted by Gasteiger charge is -2.08. The summed E-state index contributed by atoms with van der Waals surface area (Å²) in [5.41, 5.74) is 6.01. The normalized spacial score (nSPS) is 11.9. The van der Waals surface area contributed by atoms with Crippen LogP contribution in [0.2, 0.25) is 5.02 Å². The van der Waals surface area contributed by atoms with E-state index in [1.54, 1.807) is 24.3 Å². The van der Waals surface area contributed by atoms with Crippen LogP contribution in [-0.4, -0.2) is 18.6 Å². The summed E-state index contributed by atoms with van der Waals surface area (Å²) in [4.78, 5) is 23.9. The third-order valence-electron chi connectivity index (χ3n) is 3.53. The largest absolute Gasteiger partial charge is 0.454 e. The fourth-order valence-electron chi connectivity index (χ4n) is 2.25. The van der Waals surface area contributed by atoms with Crippen molar-refractivity contribution < 1.29 is 19.1 Å². The molecule has 0 fully saturated rings. The molecule has 7 heteroatoms. The van der Waals surface area contributed by atoms with Crippen molar-refractivity contribution in [1.29, 1.82) is 0 Å². The number of rotatable bonds is 4. The molecule has 2 aromatic rings. The Morgan fingerprint density at radius 1 is 1.04 bits per heavy atom. The summed E-state index contributed by atoms with van der Waals surface area (Å²) in [6.07, 6.45) is 0.705. The Morgan fingerprint density at radius 2 is 1.83 bits per heavy atom. The molecule has 1 heterocycles. The van der Waals surface area contributed by atoms with Gasteiger partial charge in [-0.3, -0.25) is 20.4 Å². The molecule has 0 aliphatic carbocycles. The fraction of sp³-hybridized carbons (Fsp3) is 0.176. The quantitative estimate of drug-likeness (QED) is 0.834. The molecule has 1 aliphatic rings. The second kappa shape index (κ2) is 7.23. The van der Waals surface area contributed by atoms with Gasteiger partial charge in [0.2, 0.25) is 12.7 Å². The van der Waals surface area contributed by atoms with E-state index in [4.69, 9.17) is 21.1 Å². The van der Waals surface area contributed by atoms with Crippen LogP contribution in [0.4, 0.5) is 0 Å². The van der Waals surface area contributed by atoms with E-state index >= 15 is 0 Å². The number of halogens is 1. The zero-order valence-corrected chi connectivity index (χ0v) is 13.4. The van der Waals surface area contributed by atoms with E-state index in [1.165, 1.54) is 0 Å². The number of hydrogen-bond donors (Lipinski definition) is 2. The molecule has 6 nitrogen and oxygen atoms in total. The Bertz CT molecular complexity index is 779. The average Bonchev–Trinajstić information content (AvgIpc) is 3.06. The minimum Gasteiger partial charge on any atom is -0.454 e. The highest BCUT2D eigenvalue weighted by Gasteiger charge is 2.16. The standard InChI is InChI=1S/C17H15ClN2O4/c18-13-4-2-1-3-11(13)6-8-16(21)19-20-17(22)12-5-7-14-15(9-12)24-10-23-14/h1-5,7,9H,6,8,10H2,(H,19,21)(H,20,22). The third kappa shape index (κ3) is 3.78. The highest BCUT2D eigenvalue weighted by Crippen LogP contribution is 2.32. The molecule has 0 radical (unpaired) electrons. The zero-order chi connectivity index (χ0) is 16.9. The molecule has 2 aromatic carbocycles. The van der Waals surface area contributed by atoms with E-state index in [0.717, 1.165) is 5.56 Å².